The normalized spacial score (nSPS) is 18.9. The van der Waals surface area contributed by atoms with Gasteiger partial charge in [-0.25, -0.2) is 9.18 Å². The lowest BCUT2D eigenvalue weighted by Crippen LogP contribution is -2.49. The van der Waals surface area contributed by atoms with Crippen LogP contribution in [0.2, 0.25) is 0 Å². The van der Waals surface area contributed by atoms with E-state index in [-0.39, 0.29) is 17.0 Å². The van der Waals surface area contributed by atoms with E-state index in [1.807, 2.05) is 11.8 Å². The fraction of sp³-hybridized carbons (Fsp3) is 0.316. The fourth-order valence-electron chi connectivity index (χ4n) is 4.36. The fourth-order valence-corrected chi connectivity index (χ4v) is 5.39. The van der Waals surface area contributed by atoms with Crippen LogP contribution in [-0.2, 0) is 0 Å². The van der Waals surface area contributed by atoms with E-state index >= 15 is 4.39 Å². The highest BCUT2D eigenvalue weighted by Crippen LogP contribution is 2.36. The first-order chi connectivity index (χ1) is 13.4. The number of carboxylic acids is 1. The van der Waals surface area contributed by atoms with Crippen molar-refractivity contribution in [3.05, 3.63) is 38.4 Å². The third kappa shape index (κ3) is 2.08. The Bertz CT molecular complexity index is 1380. The molecule has 1 atom stereocenters. The first-order valence-electron chi connectivity index (χ1n) is 8.95. The van der Waals surface area contributed by atoms with Crippen LogP contribution in [0.5, 0.6) is 0 Å². The third-order valence-corrected chi connectivity index (χ3v) is 6.41. The predicted molar refractivity (Wildman–Crippen MR) is 107 cm³/mol. The van der Waals surface area contributed by atoms with Crippen LogP contribution < -0.4 is 21.0 Å². The van der Waals surface area contributed by atoms with Crippen LogP contribution in [0.15, 0.2) is 21.2 Å². The SMILES string of the molecule is CN=c1c2c(N3CCNC(C)C3)c(F)cc3c(=O)c(C(=O)O)c4scc1n4c32. The summed E-state index contributed by atoms with van der Waals surface area (Å²) < 4.78 is 17.1. The van der Waals surface area contributed by atoms with E-state index in [0.29, 0.717) is 45.4 Å². The molecule has 1 fully saturated rings. The van der Waals surface area contributed by atoms with Gasteiger partial charge in [-0.15, -0.1) is 11.3 Å². The number of thiazole rings is 1. The quantitative estimate of drug-likeness (QED) is 0.535. The Morgan fingerprint density at radius 3 is 2.93 bits per heavy atom. The van der Waals surface area contributed by atoms with Crippen molar-refractivity contribution in [3.63, 3.8) is 0 Å². The van der Waals surface area contributed by atoms with Gasteiger partial charge in [-0.05, 0) is 13.0 Å². The van der Waals surface area contributed by atoms with Crippen LogP contribution >= 0.6 is 11.3 Å². The monoisotopic (exact) mass is 400 g/mol. The Morgan fingerprint density at radius 2 is 2.25 bits per heavy atom. The molecule has 28 heavy (non-hydrogen) atoms. The summed E-state index contributed by atoms with van der Waals surface area (Å²) in [5.74, 6) is -1.84. The average Bonchev–Trinajstić information content (AvgIpc) is 3.19. The number of pyridine rings is 1. The zero-order chi connectivity index (χ0) is 19.7. The van der Waals surface area contributed by atoms with Crippen LogP contribution in [0.1, 0.15) is 17.3 Å². The number of carboxylic acid groups (broad SMARTS) is 1. The van der Waals surface area contributed by atoms with E-state index < -0.39 is 17.2 Å². The number of piperazine rings is 1. The Hall–Kier alpha value is -2.78. The second-order valence-electron chi connectivity index (χ2n) is 7.12. The van der Waals surface area contributed by atoms with E-state index in [9.17, 15) is 14.7 Å². The van der Waals surface area contributed by atoms with Gasteiger partial charge in [0.05, 0.1) is 32.9 Å². The number of hydrogen-bond donors (Lipinski definition) is 2. The zero-order valence-electron chi connectivity index (χ0n) is 15.2. The van der Waals surface area contributed by atoms with Gasteiger partial charge in [-0.3, -0.25) is 14.2 Å². The molecule has 0 aliphatic carbocycles. The number of nitrogens with one attached hydrogen (secondary N) is 1. The van der Waals surface area contributed by atoms with Gasteiger partial charge in [-0.1, -0.05) is 0 Å². The summed E-state index contributed by atoms with van der Waals surface area (Å²) in [7, 11) is 1.63. The van der Waals surface area contributed by atoms with Crippen molar-refractivity contribution < 1.29 is 14.3 Å². The number of carbonyl (C=O) groups is 1. The van der Waals surface area contributed by atoms with Gasteiger partial charge in [0.1, 0.15) is 16.2 Å². The molecule has 0 bridgehead atoms. The van der Waals surface area contributed by atoms with Crippen molar-refractivity contribution in [2.24, 2.45) is 4.99 Å². The molecule has 0 amide bonds. The number of aromatic nitrogens is 1. The minimum atomic E-state index is -1.31. The molecule has 5 rings (SSSR count). The molecule has 4 heterocycles. The maximum atomic E-state index is 15.3. The van der Waals surface area contributed by atoms with Gasteiger partial charge in [0, 0.05) is 38.1 Å². The summed E-state index contributed by atoms with van der Waals surface area (Å²) in [6.07, 6.45) is 0. The third-order valence-electron chi connectivity index (χ3n) is 5.46. The van der Waals surface area contributed by atoms with Crippen molar-refractivity contribution in [1.29, 1.82) is 0 Å². The Labute approximate surface area is 162 Å². The van der Waals surface area contributed by atoms with E-state index in [1.54, 1.807) is 16.8 Å². The summed E-state index contributed by atoms with van der Waals surface area (Å²) in [5.41, 5.74) is 0.687. The van der Waals surface area contributed by atoms with E-state index in [2.05, 4.69) is 10.3 Å². The highest BCUT2D eigenvalue weighted by atomic mass is 32.1. The standard InChI is InChI=1S/C19H17FN4O3S/c1-8-6-23(4-3-22-8)16-10(20)5-9-15-12(16)14(21-2)11-7-28-18(24(11)15)13(17(9)25)19(26)27/h5,7-8,22H,3-4,6H2,1-2H3,(H,26,27). The van der Waals surface area contributed by atoms with Gasteiger partial charge >= 0.3 is 5.97 Å². The summed E-state index contributed by atoms with van der Waals surface area (Å²) in [4.78, 5) is 31.4. The van der Waals surface area contributed by atoms with Crippen molar-refractivity contribution in [3.8, 4) is 0 Å². The number of benzene rings is 1. The average molecular weight is 400 g/mol. The Morgan fingerprint density at radius 1 is 1.46 bits per heavy atom. The Kier molecular flexibility index (Phi) is 3.62. The topological polar surface area (TPSA) is 86.4 Å². The van der Waals surface area contributed by atoms with Gasteiger partial charge < -0.3 is 15.3 Å². The number of aromatic carboxylic acids is 1. The lowest BCUT2D eigenvalue weighted by Gasteiger charge is -2.34. The van der Waals surface area contributed by atoms with Crippen molar-refractivity contribution in [1.82, 2.24) is 9.72 Å². The molecule has 4 aromatic rings. The summed E-state index contributed by atoms with van der Waals surface area (Å²) in [5, 5.41) is 15.9. The lowest BCUT2D eigenvalue weighted by molar-refractivity contribution is 0.0697. The summed E-state index contributed by atoms with van der Waals surface area (Å²) >= 11 is 1.19. The van der Waals surface area contributed by atoms with Crippen LogP contribution in [0.3, 0.4) is 0 Å². The van der Waals surface area contributed by atoms with Gasteiger partial charge in [-0.2, -0.15) is 0 Å². The molecule has 1 saturated heterocycles. The molecule has 9 heteroatoms. The molecular weight excluding hydrogens is 383 g/mol. The highest BCUT2D eigenvalue weighted by Gasteiger charge is 2.30. The van der Waals surface area contributed by atoms with E-state index in [0.717, 1.165) is 6.54 Å². The molecule has 2 N–H and O–H groups in total. The Balaban J connectivity index is 2.02. The number of anilines is 1. The number of hydrogen-bond acceptors (Lipinski definition) is 6. The molecule has 3 aromatic heterocycles. The van der Waals surface area contributed by atoms with Gasteiger partial charge in [0.2, 0.25) is 5.43 Å². The second-order valence-corrected chi connectivity index (χ2v) is 7.98. The largest absolute Gasteiger partial charge is 0.477 e. The van der Waals surface area contributed by atoms with Crippen LogP contribution in [0, 0.1) is 5.82 Å². The van der Waals surface area contributed by atoms with Crippen molar-refractivity contribution in [2.75, 3.05) is 31.6 Å². The van der Waals surface area contributed by atoms with Crippen LogP contribution in [-0.4, -0.2) is 48.2 Å². The minimum absolute atomic E-state index is 0.0765. The van der Waals surface area contributed by atoms with Gasteiger partial charge in [0.15, 0.2) is 0 Å². The van der Waals surface area contributed by atoms with Gasteiger partial charge in [0.25, 0.3) is 0 Å². The molecular formula is C19H17FN4O3S. The lowest BCUT2D eigenvalue weighted by atomic mass is 10.1. The maximum absolute atomic E-state index is 15.3. The van der Waals surface area contributed by atoms with E-state index in [1.165, 1.54) is 17.4 Å². The minimum Gasteiger partial charge on any atom is -0.477 e. The molecule has 1 unspecified atom stereocenters. The molecule has 7 nitrogen and oxygen atoms in total. The van der Waals surface area contributed by atoms with E-state index in [4.69, 9.17) is 0 Å². The molecule has 1 aliphatic heterocycles. The molecule has 0 spiro atoms. The smallest absolute Gasteiger partial charge is 0.342 e. The van der Waals surface area contributed by atoms with Crippen LogP contribution in [0.25, 0.3) is 26.6 Å². The summed E-state index contributed by atoms with van der Waals surface area (Å²) in [6.45, 7) is 4.03. The highest BCUT2D eigenvalue weighted by molar-refractivity contribution is 7.16. The predicted octanol–water partition coefficient (Wildman–Crippen LogP) is 1.71. The zero-order valence-corrected chi connectivity index (χ0v) is 16.1. The number of nitrogens with zero attached hydrogens (tertiary/aromatic N) is 3. The molecule has 1 aromatic carbocycles. The first kappa shape index (κ1) is 17.3. The first-order valence-corrected chi connectivity index (χ1v) is 9.83. The molecule has 0 radical (unpaired) electrons. The molecule has 1 aliphatic rings. The molecule has 0 saturated carbocycles. The number of rotatable bonds is 2. The van der Waals surface area contributed by atoms with Crippen molar-refractivity contribution >= 4 is 49.6 Å². The number of halogens is 1. The van der Waals surface area contributed by atoms with Crippen LogP contribution in [0.4, 0.5) is 10.1 Å². The summed E-state index contributed by atoms with van der Waals surface area (Å²) in [6, 6.07) is 1.38. The second kappa shape index (κ2) is 5.86. The molecule has 144 valence electrons. The van der Waals surface area contributed by atoms with Crippen molar-refractivity contribution in [2.45, 2.75) is 13.0 Å². The maximum Gasteiger partial charge on any atom is 0.342 e.